The van der Waals surface area contributed by atoms with Gasteiger partial charge >= 0.3 is 0 Å². The molecule has 0 fully saturated rings. The van der Waals surface area contributed by atoms with Crippen LogP contribution in [0.1, 0.15) is 15.9 Å². The number of carbonyl (C=O) groups is 1. The van der Waals surface area contributed by atoms with Crippen molar-refractivity contribution in [3.05, 3.63) is 113 Å². The highest BCUT2D eigenvalue weighted by Gasteiger charge is 2.20. The minimum atomic E-state index is -0.338. The van der Waals surface area contributed by atoms with E-state index in [0.717, 1.165) is 33.1 Å². The lowest BCUT2D eigenvalue weighted by Gasteiger charge is -2.14. The van der Waals surface area contributed by atoms with Gasteiger partial charge in [0.05, 0.1) is 22.1 Å². The third-order valence-electron chi connectivity index (χ3n) is 5.53. The predicted molar refractivity (Wildman–Crippen MR) is 128 cm³/mol. The standard InChI is InChI=1S/C27H19N3O2/c1-30-23-10-6-5-9-20(23)25(19-7-3-2-4-8-19)26(27(30)32)24(31)14-12-18-11-13-21-22(17-18)29-16-15-28-21/h2-17H,1H3. The van der Waals surface area contributed by atoms with E-state index in [9.17, 15) is 9.59 Å². The smallest absolute Gasteiger partial charge is 0.262 e. The van der Waals surface area contributed by atoms with Gasteiger partial charge < -0.3 is 4.57 Å². The van der Waals surface area contributed by atoms with Gasteiger partial charge in [0.15, 0.2) is 5.78 Å². The van der Waals surface area contributed by atoms with Crippen molar-refractivity contribution in [2.24, 2.45) is 7.05 Å². The second-order valence-corrected chi connectivity index (χ2v) is 7.50. The molecule has 0 N–H and O–H groups in total. The number of ketones is 1. The second-order valence-electron chi connectivity index (χ2n) is 7.50. The molecule has 0 saturated heterocycles. The third-order valence-corrected chi connectivity index (χ3v) is 5.53. The van der Waals surface area contributed by atoms with E-state index in [1.54, 1.807) is 25.5 Å². The molecule has 0 saturated carbocycles. The Hall–Kier alpha value is -4.38. The van der Waals surface area contributed by atoms with Crippen molar-refractivity contribution in [2.75, 3.05) is 0 Å². The van der Waals surface area contributed by atoms with Gasteiger partial charge in [0.2, 0.25) is 0 Å². The van der Waals surface area contributed by atoms with Crippen molar-refractivity contribution in [1.29, 1.82) is 0 Å². The molecule has 0 aliphatic heterocycles. The Morgan fingerprint density at radius 2 is 1.59 bits per heavy atom. The Bertz CT molecular complexity index is 1570. The fourth-order valence-electron chi connectivity index (χ4n) is 3.97. The molecular weight excluding hydrogens is 398 g/mol. The maximum atomic E-state index is 13.4. The third kappa shape index (κ3) is 3.40. The van der Waals surface area contributed by atoms with Crippen LogP contribution < -0.4 is 5.56 Å². The number of allylic oxidation sites excluding steroid dienone is 1. The SMILES string of the molecule is Cn1c(=O)c(C(=O)C=Cc2ccc3nccnc3c2)c(-c2ccccc2)c2ccccc21. The quantitative estimate of drug-likeness (QED) is 0.303. The van der Waals surface area contributed by atoms with Crippen molar-refractivity contribution in [3.63, 3.8) is 0 Å². The Kier molecular flexibility index (Phi) is 4.92. The summed E-state index contributed by atoms with van der Waals surface area (Å²) >= 11 is 0. The fourth-order valence-corrected chi connectivity index (χ4v) is 3.97. The van der Waals surface area contributed by atoms with Crippen LogP contribution in [0.25, 0.3) is 39.1 Å². The maximum Gasteiger partial charge on any atom is 0.262 e. The molecule has 0 bridgehead atoms. The topological polar surface area (TPSA) is 64.8 Å². The summed E-state index contributed by atoms with van der Waals surface area (Å²) in [4.78, 5) is 35.2. The molecule has 0 aliphatic rings. The lowest BCUT2D eigenvalue weighted by molar-refractivity contribution is 0.104. The summed E-state index contributed by atoms with van der Waals surface area (Å²) in [6.45, 7) is 0. The number of para-hydroxylation sites is 1. The minimum Gasteiger partial charge on any atom is -0.311 e. The number of hydrogen-bond acceptors (Lipinski definition) is 4. The van der Waals surface area contributed by atoms with E-state index in [4.69, 9.17) is 0 Å². The molecule has 0 unspecified atom stereocenters. The molecule has 154 valence electrons. The number of aryl methyl sites for hydroxylation is 1. The molecule has 3 aromatic carbocycles. The van der Waals surface area contributed by atoms with E-state index >= 15 is 0 Å². The summed E-state index contributed by atoms with van der Waals surface area (Å²) in [6.07, 6.45) is 6.43. The second kappa shape index (κ2) is 8.04. The van der Waals surface area contributed by atoms with Crippen LogP contribution >= 0.6 is 0 Å². The largest absolute Gasteiger partial charge is 0.311 e. The number of benzene rings is 3. The number of rotatable bonds is 4. The number of nitrogens with zero attached hydrogens (tertiary/aromatic N) is 3. The predicted octanol–water partition coefficient (Wildman–Crippen LogP) is 5.04. The number of hydrogen-bond donors (Lipinski definition) is 0. The number of aromatic nitrogens is 3. The lowest BCUT2D eigenvalue weighted by atomic mass is 9.93. The van der Waals surface area contributed by atoms with Crippen LogP contribution in [0.15, 0.2) is 96.1 Å². The van der Waals surface area contributed by atoms with Crippen LogP contribution in [0, 0.1) is 0 Å². The summed E-state index contributed by atoms with van der Waals surface area (Å²) in [6, 6.07) is 22.8. The van der Waals surface area contributed by atoms with Crippen molar-refractivity contribution >= 4 is 33.8 Å². The Morgan fingerprint density at radius 1 is 0.875 bits per heavy atom. The Morgan fingerprint density at radius 3 is 2.41 bits per heavy atom. The van der Waals surface area contributed by atoms with E-state index in [0.29, 0.717) is 5.56 Å². The van der Waals surface area contributed by atoms with Crippen molar-refractivity contribution < 1.29 is 4.79 Å². The van der Waals surface area contributed by atoms with Gasteiger partial charge in [-0.2, -0.15) is 0 Å². The Labute approximate surface area is 184 Å². The van der Waals surface area contributed by atoms with Gasteiger partial charge in [-0.05, 0) is 35.4 Å². The highest BCUT2D eigenvalue weighted by atomic mass is 16.1. The molecule has 5 heteroatoms. The molecule has 0 amide bonds. The van der Waals surface area contributed by atoms with Crippen LogP contribution in [-0.2, 0) is 7.05 Å². The molecule has 5 rings (SSSR count). The molecular formula is C27H19N3O2. The van der Waals surface area contributed by atoms with Gasteiger partial charge in [0.25, 0.3) is 5.56 Å². The molecule has 0 radical (unpaired) electrons. The van der Waals surface area contributed by atoms with Gasteiger partial charge in [-0.25, -0.2) is 0 Å². The molecule has 2 heterocycles. The summed E-state index contributed by atoms with van der Waals surface area (Å²) in [5.74, 6) is -0.338. The molecule has 5 aromatic rings. The summed E-state index contributed by atoms with van der Waals surface area (Å²) in [5, 5.41) is 0.860. The number of carbonyl (C=O) groups excluding carboxylic acids is 1. The monoisotopic (exact) mass is 417 g/mol. The summed E-state index contributed by atoms with van der Waals surface area (Å²) in [5.41, 5.74) is 4.45. The zero-order chi connectivity index (χ0) is 22.1. The molecule has 32 heavy (non-hydrogen) atoms. The van der Waals surface area contributed by atoms with Gasteiger partial charge in [-0.3, -0.25) is 19.6 Å². The van der Waals surface area contributed by atoms with Gasteiger partial charge in [0.1, 0.15) is 0 Å². The van der Waals surface area contributed by atoms with Crippen molar-refractivity contribution in [1.82, 2.24) is 14.5 Å². The van der Waals surface area contributed by atoms with E-state index < -0.39 is 0 Å². The average Bonchev–Trinajstić information content (AvgIpc) is 2.85. The first kappa shape index (κ1) is 19.6. The van der Waals surface area contributed by atoms with Crippen LogP contribution in [0.2, 0.25) is 0 Å². The molecule has 2 aromatic heterocycles. The highest BCUT2D eigenvalue weighted by molar-refractivity contribution is 6.15. The van der Waals surface area contributed by atoms with E-state index in [1.807, 2.05) is 72.8 Å². The average molecular weight is 417 g/mol. The first-order valence-electron chi connectivity index (χ1n) is 10.2. The minimum absolute atomic E-state index is 0.161. The summed E-state index contributed by atoms with van der Waals surface area (Å²) in [7, 11) is 1.70. The van der Waals surface area contributed by atoms with E-state index in [1.165, 1.54) is 10.6 Å². The Balaban J connectivity index is 1.67. The van der Waals surface area contributed by atoms with Gasteiger partial charge in [0, 0.05) is 30.4 Å². The summed E-state index contributed by atoms with van der Waals surface area (Å²) < 4.78 is 1.54. The zero-order valence-electron chi connectivity index (χ0n) is 17.4. The fraction of sp³-hybridized carbons (Fsp3) is 0.0370. The van der Waals surface area contributed by atoms with E-state index in [2.05, 4.69) is 9.97 Å². The van der Waals surface area contributed by atoms with Crippen LogP contribution in [-0.4, -0.2) is 20.3 Å². The highest BCUT2D eigenvalue weighted by Crippen LogP contribution is 2.30. The zero-order valence-corrected chi connectivity index (χ0v) is 17.4. The first-order valence-corrected chi connectivity index (χ1v) is 10.2. The lowest BCUT2D eigenvalue weighted by Crippen LogP contribution is -2.25. The number of fused-ring (bicyclic) bond motifs is 2. The first-order chi connectivity index (χ1) is 15.6. The van der Waals surface area contributed by atoms with Crippen LogP contribution in [0.5, 0.6) is 0 Å². The van der Waals surface area contributed by atoms with Crippen molar-refractivity contribution in [3.8, 4) is 11.1 Å². The normalized spacial score (nSPS) is 11.4. The molecule has 0 aliphatic carbocycles. The maximum absolute atomic E-state index is 13.4. The molecule has 5 nitrogen and oxygen atoms in total. The van der Waals surface area contributed by atoms with Gasteiger partial charge in [-0.15, -0.1) is 0 Å². The van der Waals surface area contributed by atoms with Crippen molar-refractivity contribution in [2.45, 2.75) is 0 Å². The van der Waals surface area contributed by atoms with E-state index in [-0.39, 0.29) is 16.9 Å². The molecule has 0 atom stereocenters. The van der Waals surface area contributed by atoms with Crippen LogP contribution in [0.3, 0.4) is 0 Å². The number of pyridine rings is 1. The van der Waals surface area contributed by atoms with Gasteiger partial charge in [-0.1, -0.05) is 60.7 Å². The van der Waals surface area contributed by atoms with Crippen LogP contribution in [0.4, 0.5) is 0 Å². The molecule has 0 spiro atoms.